The number of carbonyl (C=O) groups is 2. The van der Waals surface area contributed by atoms with Gasteiger partial charge in [0.15, 0.2) is 0 Å². The molecule has 2 amide bonds. The predicted octanol–water partition coefficient (Wildman–Crippen LogP) is 5.91. The summed E-state index contributed by atoms with van der Waals surface area (Å²) in [5.74, 6) is 0.644. The maximum Gasteiger partial charge on any atom is 0.256 e. The second-order valence-corrected chi connectivity index (χ2v) is 12.3. The molecule has 7 nitrogen and oxygen atoms in total. The minimum absolute atomic E-state index is 0.00112. The van der Waals surface area contributed by atoms with Gasteiger partial charge in [-0.3, -0.25) is 14.6 Å². The number of amides is 2. The first kappa shape index (κ1) is 29.2. The first-order chi connectivity index (χ1) is 19.7. The number of nitrogens with one attached hydrogen (secondary N) is 1. The molecule has 3 aromatic rings. The summed E-state index contributed by atoms with van der Waals surface area (Å²) in [5, 5.41) is 4.23. The van der Waals surface area contributed by atoms with Gasteiger partial charge in [0.05, 0.1) is 23.0 Å². The van der Waals surface area contributed by atoms with Gasteiger partial charge in [-0.1, -0.05) is 0 Å². The summed E-state index contributed by atoms with van der Waals surface area (Å²) < 4.78 is 16.4. The number of aromatic nitrogens is 2. The molecule has 41 heavy (non-hydrogen) atoms. The molecule has 2 fully saturated rings. The third-order valence-electron chi connectivity index (χ3n) is 9.32. The van der Waals surface area contributed by atoms with Gasteiger partial charge in [0.25, 0.3) is 5.91 Å². The van der Waals surface area contributed by atoms with E-state index in [2.05, 4.69) is 27.5 Å². The van der Waals surface area contributed by atoms with E-state index in [1.165, 1.54) is 37.0 Å². The third kappa shape index (κ3) is 6.64. The van der Waals surface area contributed by atoms with Crippen molar-refractivity contribution in [2.75, 3.05) is 26.7 Å². The van der Waals surface area contributed by atoms with Crippen LogP contribution in [-0.4, -0.2) is 69.9 Å². The highest BCUT2D eigenvalue weighted by Gasteiger charge is 2.27. The zero-order chi connectivity index (χ0) is 29.1. The molecule has 0 radical (unpaired) electrons. The number of carbonyl (C=O) groups excluding carboxylic acids is 2. The number of piperidine rings is 1. The highest BCUT2D eigenvalue weighted by molar-refractivity contribution is 5.99. The molecule has 1 aliphatic heterocycles. The Kier molecular flexibility index (Phi) is 9.07. The van der Waals surface area contributed by atoms with Gasteiger partial charge in [-0.05, 0) is 120 Å². The number of rotatable bonds is 8. The van der Waals surface area contributed by atoms with Crippen molar-refractivity contribution in [2.45, 2.75) is 83.7 Å². The number of pyridine rings is 1. The van der Waals surface area contributed by atoms with Crippen molar-refractivity contribution in [1.82, 2.24) is 24.7 Å². The Morgan fingerprint density at radius 1 is 1.10 bits per heavy atom. The van der Waals surface area contributed by atoms with Crippen LogP contribution < -0.4 is 5.32 Å². The SMILES string of the molecule is CC(=O)NC1CCC(CCN2CCC(c3cn(-c4ccc(F)cc4C(=O)N(C)C(C)C)c4cnccc34)CC2)CC1. The maximum absolute atomic E-state index is 14.4. The van der Waals surface area contributed by atoms with Crippen molar-refractivity contribution >= 4 is 22.7 Å². The molecule has 3 heterocycles. The molecule has 0 unspecified atom stereocenters. The summed E-state index contributed by atoms with van der Waals surface area (Å²) in [4.78, 5) is 33.4. The van der Waals surface area contributed by atoms with Crippen LogP contribution in [0, 0.1) is 11.7 Å². The van der Waals surface area contributed by atoms with Crippen LogP contribution in [0.3, 0.4) is 0 Å². The van der Waals surface area contributed by atoms with Gasteiger partial charge in [0.2, 0.25) is 5.91 Å². The molecule has 2 aliphatic rings. The number of benzene rings is 1. The molecule has 2 aromatic heterocycles. The normalized spacial score (nSPS) is 20.4. The molecule has 1 N–H and O–H groups in total. The Bertz CT molecular complexity index is 1370. The third-order valence-corrected chi connectivity index (χ3v) is 9.32. The largest absolute Gasteiger partial charge is 0.354 e. The Labute approximate surface area is 243 Å². The van der Waals surface area contributed by atoms with Crippen LogP contribution in [0.15, 0.2) is 42.9 Å². The molecule has 0 atom stereocenters. The van der Waals surface area contributed by atoms with Gasteiger partial charge < -0.3 is 19.7 Å². The van der Waals surface area contributed by atoms with E-state index < -0.39 is 5.82 Å². The highest BCUT2D eigenvalue weighted by Crippen LogP contribution is 2.37. The van der Waals surface area contributed by atoms with Crippen molar-refractivity contribution < 1.29 is 14.0 Å². The topological polar surface area (TPSA) is 70.5 Å². The lowest BCUT2D eigenvalue weighted by atomic mass is 9.83. The number of likely N-dealkylation sites (tertiary alicyclic amines) is 1. The Hall–Kier alpha value is -3.26. The fourth-order valence-electron chi connectivity index (χ4n) is 6.65. The van der Waals surface area contributed by atoms with Crippen LogP contribution in [0.4, 0.5) is 4.39 Å². The summed E-state index contributed by atoms with van der Waals surface area (Å²) >= 11 is 0. The van der Waals surface area contributed by atoms with Crippen molar-refractivity contribution in [2.24, 2.45) is 5.92 Å². The van der Waals surface area contributed by atoms with Crippen molar-refractivity contribution in [3.63, 3.8) is 0 Å². The van der Waals surface area contributed by atoms with Gasteiger partial charge in [-0.2, -0.15) is 0 Å². The van der Waals surface area contributed by atoms with E-state index in [-0.39, 0.29) is 17.9 Å². The van der Waals surface area contributed by atoms with Crippen LogP contribution in [0.2, 0.25) is 0 Å². The van der Waals surface area contributed by atoms with Crippen molar-refractivity contribution in [3.05, 3.63) is 59.8 Å². The van der Waals surface area contributed by atoms with Crippen molar-refractivity contribution in [3.8, 4) is 5.69 Å². The number of nitrogens with zero attached hydrogens (tertiary/aromatic N) is 4. The zero-order valence-corrected chi connectivity index (χ0v) is 24.9. The second-order valence-electron chi connectivity index (χ2n) is 12.3. The molecule has 1 aromatic carbocycles. The lowest BCUT2D eigenvalue weighted by Gasteiger charge is -2.34. The fraction of sp³-hybridized carbons (Fsp3) is 0.545. The van der Waals surface area contributed by atoms with Crippen LogP contribution >= 0.6 is 0 Å². The molecule has 1 aliphatic carbocycles. The maximum atomic E-state index is 14.4. The van der Waals surface area contributed by atoms with E-state index in [1.807, 2.05) is 30.8 Å². The molecular weight excluding hydrogens is 517 g/mol. The number of halogens is 1. The molecule has 5 rings (SSSR count). The Balaban J connectivity index is 1.28. The van der Waals surface area contributed by atoms with Crippen LogP contribution in [-0.2, 0) is 4.79 Å². The molecule has 1 saturated carbocycles. The first-order valence-corrected chi connectivity index (χ1v) is 15.2. The number of hydrogen-bond donors (Lipinski definition) is 1. The second kappa shape index (κ2) is 12.7. The minimum Gasteiger partial charge on any atom is -0.354 e. The average molecular weight is 562 g/mol. The molecule has 8 heteroatoms. The summed E-state index contributed by atoms with van der Waals surface area (Å²) in [6.07, 6.45) is 13.8. The van der Waals surface area contributed by atoms with E-state index in [4.69, 9.17) is 0 Å². The van der Waals surface area contributed by atoms with E-state index >= 15 is 0 Å². The van der Waals surface area contributed by atoms with Gasteiger partial charge in [0.1, 0.15) is 5.82 Å². The highest BCUT2D eigenvalue weighted by atomic mass is 19.1. The van der Waals surface area contributed by atoms with Crippen LogP contribution in [0.25, 0.3) is 16.6 Å². The summed E-state index contributed by atoms with van der Waals surface area (Å²) in [6.45, 7) is 8.80. The zero-order valence-electron chi connectivity index (χ0n) is 24.9. The summed E-state index contributed by atoms with van der Waals surface area (Å²) in [7, 11) is 1.76. The van der Waals surface area contributed by atoms with Crippen molar-refractivity contribution in [1.29, 1.82) is 0 Å². The summed E-state index contributed by atoms with van der Waals surface area (Å²) in [6, 6.07) is 6.91. The van der Waals surface area contributed by atoms with Crippen LogP contribution in [0.1, 0.15) is 87.6 Å². The lowest BCUT2D eigenvalue weighted by Crippen LogP contribution is -2.37. The Morgan fingerprint density at radius 3 is 2.51 bits per heavy atom. The average Bonchev–Trinajstić information content (AvgIpc) is 3.35. The number of hydrogen-bond acceptors (Lipinski definition) is 4. The number of fused-ring (bicyclic) bond motifs is 1. The van der Waals surface area contributed by atoms with Crippen LogP contribution in [0.5, 0.6) is 0 Å². The van der Waals surface area contributed by atoms with Gasteiger partial charge in [-0.15, -0.1) is 0 Å². The Morgan fingerprint density at radius 2 is 1.83 bits per heavy atom. The monoisotopic (exact) mass is 561 g/mol. The van der Waals surface area contributed by atoms with E-state index in [0.29, 0.717) is 23.2 Å². The minimum atomic E-state index is -0.419. The predicted molar refractivity (Wildman–Crippen MR) is 161 cm³/mol. The molecule has 0 bridgehead atoms. The standard InChI is InChI=1S/C33H44FN5O2/c1-22(2)37(4)33(41)29-19-26(34)7-10-31(29)39-21-30(28-11-15-35-20-32(28)39)25-13-17-38(18-14-25)16-12-24-5-8-27(9-6-24)36-23(3)40/h7,10-11,15,19-22,24-25,27H,5-6,8-9,12-14,16-18H2,1-4H3,(H,36,40). The van der Waals surface area contributed by atoms with E-state index in [0.717, 1.165) is 62.1 Å². The first-order valence-electron chi connectivity index (χ1n) is 15.2. The molecule has 1 saturated heterocycles. The quantitative estimate of drug-likeness (QED) is 0.371. The molecule has 220 valence electrons. The molecular formula is C33H44FN5O2. The fourth-order valence-corrected chi connectivity index (χ4v) is 6.65. The smallest absolute Gasteiger partial charge is 0.256 e. The van der Waals surface area contributed by atoms with E-state index in [9.17, 15) is 14.0 Å². The van der Waals surface area contributed by atoms with Gasteiger partial charge in [0, 0.05) is 43.8 Å². The molecule has 0 spiro atoms. The summed E-state index contributed by atoms with van der Waals surface area (Å²) in [5.41, 5.74) is 3.25. The lowest BCUT2D eigenvalue weighted by molar-refractivity contribution is -0.119. The van der Waals surface area contributed by atoms with Gasteiger partial charge in [-0.25, -0.2) is 4.39 Å². The van der Waals surface area contributed by atoms with Gasteiger partial charge >= 0.3 is 0 Å². The van der Waals surface area contributed by atoms with E-state index in [1.54, 1.807) is 24.9 Å².